The summed E-state index contributed by atoms with van der Waals surface area (Å²) in [6.07, 6.45) is 0. The second-order valence-corrected chi connectivity index (χ2v) is 20.4. The first-order valence-corrected chi connectivity index (χ1v) is 18.9. The van der Waals surface area contributed by atoms with Crippen LogP contribution in [0.15, 0.2) is 21.8 Å². The van der Waals surface area contributed by atoms with Gasteiger partial charge in [-0.25, -0.2) is 19.6 Å². The molecule has 0 spiro atoms. The number of halogens is 2. The van der Waals surface area contributed by atoms with Gasteiger partial charge in [-0.1, -0.05) is 0 Å². The van der Waals surface area contributed by atoms with E-state index in [2.05, 4.69) is 48.7 Å². The van der Waals surface area contributed by atoms with Gasteiger partial charge in [0.1, 0.15) is 0 Å². The molecule has 6 nitrogen and oxygen atoms in total. The summed E-state index contributed by atoms with van der Waals surface area (Å²) >= 11 is 7.85. The summed E-state index contributed by atoms with van der Waals surface area (Å²) in [6.45, 7) is 0. The standard InChI is InChI=1S/2C4H3NO2S.2HI.Pt/c2*6-4(7)3-1-8-2-5-3;;;/h2*1-2H,(H,6,7);2*1H;/q;;;;+2/p-2. The van der Waals surface area contributed by atoms with Gasteiger partial charge in [0.25, 0.3) is 0 Å². The van der Waals surface area contributed by atoms with Crippen molar-refractivity contribution in [2.75, 3.05) is 0 Å². The maximum atomic E-state index is 10.0. The number of carboxylic acid groups (broad SMARTS) is 2. The van der Waals surface area contributed by atoms with Crippen LogP contribution in [-0.2, 0) is 11.2 Å². The molecule has 0 aliphatic carbocycles. The van der Waals surface area contributed by atoms with Crippen LogP contribution < -0.4 is 0 Å². The summed E-state index contributed by atoms with van der Waals surface area (Å²) in [5.74, 6) is -1.93. The van der Waals surface area contributed by atoms with Crippen molar-refractivity contribution in [3.8, 4) is 0 Å². The number of aromatic nitrogens is 2. The van der Waals surface area contributed by atoms with Crippen molar-refractivity contribution in [2.45, 2.75) is 0 Å². The zero-order chi connectivity index (χ0) is 14.7. The second kappa shape index (κ2) is 12.1. The molecule has 2 N–H and O–H groups in total. The van der Waals surface area contributed by atoms with Gasteiger partial charge in [-0.3, -0.25) is 0 Å². The fourth-order valence-corrected chi connectivity index (χ4v) is 1.69. The van der Waals surface area contributed by atoms with E-state index in [1.54, 1.807) is 0 Å². The van der Waals surface area contributed by atoms with Gasteiger partial charge in [-0.2, -0.15) is 0 Å². The third kappa shape index (κ3) is 9.82. The number of thiazole rings is 2. The molecule has 19 heavy (non-hydrogen) atoms. The molecule has 0 bridgehead atoms. The van der Waals surface area contributed by atoms with Gasteiger partial charge in [-0.15, -0.1) is 22.7 Å². The van der Waals surface area contributed by atoms with Crippen LogP contribution >= 0.6 is 61.4 Å². The van der Waals surface area contributed by atoms with E-state index < -0.39 is 11.9 Å². The van der Waals surface area contributed by atoms with Crippen molar-refractivity contribution in [2.24, 2.45) is 0 Å². The van der Waals surface area contributed by atoms with Gasteiger partial charge in [0.2, 0.25) is 0 Å². The molecule has 2 heterocycles. The Morgan fingerprint density at radius 2 is 1.32 bits per heavy atom. The van der Waals surface area contributed by atoms with E-state index in [-0.39, 0.29) is 11.4 Å². The van der Waals surface area contributed by atoms with E-state index in [4.69, 9.17) is 10.2 Å². The summed E-state index contributed by atoms with van der Waals surface area (Å²) in [5.41, 5.74) is 3.22. The maximum absolute atomic E-state index is 10.0. The van der Waals surface area contributed by atoms with E-state index in [0.29, 0.717) is 11.2 Å². The molecule has 0 saturated carbocycles. The Morgan fingerprint density at radius 3 is 1.42 bits per heavy atom. The summed E-state index contributed by atoms with van der Waals surface area (Å²) in [6, 6.07) is 0. The normalized spacial score (nSPS) is 8.74. The van der Waals surface area contributed by atoms with Gasteiger partial charge in [-0.05, 0) is 0 Å². The Balaban J connectivity index is 0.000000284. The average Bonchev–Trinajstić information content (AvgIpc) is 3.05. The molecule has 0 unspecified atom stereocenters. The SMILES string of the molecule is O=C(O)c1cscn1.O=C(O)c1cscn1.[I][Pt][I]. The van der Waals surface area contributed by atoms with Crippen LogP contribution in [0.25, 0.3) is 0 Å². The molecule has 0 atom stereocenters. The predicted octanol–water partition coefficient (Wildman–Crippen LogP) is 3.45. The van der Waals surface area contributed by atoms with E-state index in [9.17, 15) is 9.59 Å². The predicted molar refractivity (Wildman–Crippen MR) is 86.2 cm³/mol. The number of aromatic carboxylic acids is 2. The topological polar surface area (TPSA) is 100 Å². The Morgan fingerprint density at radius 1 is 1.00 bits per heavy atom. The Hall–Kier alpha value is 0.348. The molecule has 11 heteroatoms. The number of carbonyl (C=O) groups is 2. The van der Waals surface area contributed by atoms with Crippen LogP contribution in [0.4, 0.5) is 0 Å². The number of rotatable bonds is 2. The molecule has 0 aromatic carbocycles. The Bertz CT molecular complexity index is 437. The van der Waals surface area contributed by atoms with E-state index >= 15 is 0 Å². The van der Waals surface area contributed by atoms with Crippen LogP contribution in [0.1, 0.15) is 21.0 Å². The van der Waals surface area contributed by atoms with Crippen molar-refractivity contribution >= 4 is 73.3 Å². The molecule has 0 amide bonds. The van der Waals surface area contributed by atoms with Gasteiger partial charge in [0.05, 0.1) is 11.0 Å². The van der Waals surface area contributed by atoms with E-state index in [0.717, 1.165) is 0 Å². The van der Waals surface area contributed by atoms with Crippen LogP contribution in [0, 0.1) is 0 Å². The monoisotopic (exact) mass is 707 g/mol. The van der Waals surface area contributed by atoms with Crippen LogP contribution in [-0.4, -0.2) is 32.1 Å². The summed E-state index contributed by atoms with van der Waals surface area (Å²) < 4.78 is 0. The van der Waals surface area contributed by atoms with Crippen LogP contribution in [0.5, 0.6) is 0 Å². The number of nitrogens with zero attached hydrogens (tertiary/aromatic N) is 2. The van der Waals surface area contributed by atoms with Gasteiger partial charge in [0, 0.05) is 10.8 Å². The molecule has 2 rings (SSSR count). The quantitative estimate of drug-likeness (QED) is 0.465. The van der Waals surface area contributed by atoms with Gasteiger partial charge < -0.3 is 10.2 Å². The molecule has 0 aliphatic heterocycles. The van der Waals surface area contributed by atoms with Crippen molar-refractivity contribution in [3.63, 3.8) is 0 Å². The zero-order valence-electron chi connectivity index (χ0n) is 8.80. The third-order valence-electron chi connectivity index (χ3n) is 1.30. The van der Waals surface area contributed by atoms with Crippen molar-refractivity contribution in [1.82, 2.24) is 9.97 Å². The van der Waals surface area contributed by atoms with Crippen LogP contribution in [0.2, 0.25) is 0 Å². The minimum absolute atomic E-state index is 0.120. The fraction of sp³-hybridized carbons (Fsp3) is 0. The Kier molecular flexibility index (Phi) is 12.3. The first-order chi connectivity index (χ1) is 9.02. The van der Waals surface area contributed by atoms with E-state index in [1.165, 1.54) is 44.5 Å². The molecule has 108 valence electrons. The molecule has 0 saturated heterocycles. The van der Waals surface area contributed by atoms with Gasteiger partial charge >= 0.3 is 61.8 Å². The summed E-state index contributed by atoms with van der Waals surface area (Å²) in [4.78, 5) is 27.1. The van der Waals surface area contributed by atoms with E-state index in [1.807, 2.05) is 0 Å². The molecule has 0 fully saturated rings. The van der Waals surface area contributed by atoms with Gasteiger partial charge in [0.15, 0.2) is 11.4 Å². The molecule has 0 radical (unpaired) electrons. The number of hydrogen-bond acceptors (Lipinski definition) is 6. The van der Waals surface area contributed by atoms with Crippen LogP contribution in [0.3, 0.4) is 0 Å². The minimum atomic E-state index is -0.966. The zero-order valence-corrected chi connectivity index (χ0v) is 17.0. The first-order valence-electron chi connectivity index (χ1n) is 4.08. The Labute approximate surface area is 145 Å². The molecular formula is C8H6I2N2O4PtS2. The second-order valence-electron chi connectivity index (χ2n) is 2.40. The fourth-order valence-electron chi connectivity index (χ4n) is 0.636. The summed E-state index contributed by atoms with van der Waals surface area (Å²) in [5, 5.41) is 19.4. The third-order valence-corrected chi connectivity index (χ3v) is 2.48. The molecule has 2 aromatic heterocycles. The number of carboxylic acids is 2. The molecule has 0 aliphatic rings. The summed E-state index contributed by atoms with van der Waals surface area (Å²) in [7, 11) is 0. The molecule has 2 aromatic rings. The average molecular weight is 707 g/mol. The van der Waals surface area contributed by atoms with Crippen molar-refractivity contribution in [3.05, 3.63) is 33.2 Å². The van der Waals surface area contributed by atoms with Crippen molar-refractivity contribution < 1.29 is 31.0 Å². The van der Waals surface area contributed by atoms with Crippen molar-refractivity contribution in [1.29, 1.82) is 0 Å². The number of hydrogen-bond donors (Lipinski definition) is 2. The first kappa shape index (κ1) is 19.3. The molecular weight excluding hydrogens is 701 g/mol.